The highest BCUT2D eigenvalue weighted by Crippen LogP contribution is 2.29. The summed E-state index contributed by atoms with van der Waals surface area (Å²) < 4.78 is 7.65. The van der Waals surface area contributed by atoms with Crippen LogP contribution in [-0.2, 0) is 11.3 Å². The fourth-order valence-electron chi connectivity index (χ4n) is 2.58. The van der Waals surface area contributed by atoms with Crippen LogP contribution in [0, 0.1) is 0 Å². The first-order chi connectivity index (χ1) is 10.8. The number of esters is 1. The molecule has 1 aromatic heterocycles. The Kier molecular flexibility index (Phi) is 4.24. The average Bonchev–Trinajstić information content (AvgIpc) is 2.87. The Labute approximate surface area is 130 Å². The molecule has 0 aliphatic carbocycles. The summed E-state index contributed by atoms with van der Waals surface area (Å²) in [5, 5.41) is 0.975. The molecule has 3 heteroatoms. The number of fused-ring (bicyclic) bond motifs is 1. The van der Waals surface area contributed by atoms with Crippen molar-refractivity contribution in [3.05, 3.63) is 66.4 Å². The van der Waals surface area contributed by atoms with E-state index in [9.17, 15) is 4.79 Å². The van der Waals surface area contributed by atoms with Crippen LogP contribution in [0.5, 0.6) is 5.75 Å². The van der Waals surface area contributed by atoms with Crippen molar-refractivity contribution in [3.8, 4) is 5.75 Å². The molecule has 0 radical (unpaired) electrons. The summed E-state index contributed by atoms with van der Waals surface area (Å²) in [4.78, 5) is 11.8. The van der Waals surface area contributed by atoms with Crippen LogP contribution >= 0.6 is 0 Å². The van der Waals surface area contributed by atoms with Gasteiger partial charge >= 0.3 is 5.97 Å². The lowest BCUT2D eigenvalue weighted by atomic mass is 10.2. The quantitative estimate of drug-likeness (QED) is 0.653. The first kappa shape index (κ1) is 14.4. The van der Waals surface area contributed by atoms with E-state index in [0.717, 1.165) is 23.9 Å². The Bertz CT molecular complexity index is 774. The SMILES string of the molecule is CCCC(=O)Oc1cn(Cc2ccccc2)c2ccccc12. The van der Waals surface area contributed by atoms with Gasteiger partial charge in [-0.3, -0.25) is 4.79 Å². The largest absolute Gasteiger partial charge is 0.424 e. The molecule has 0 saturated heterocycles. The second-order valence-electron chi connectivity index (χ2n) is 5.35. The summed E-state index contributed by atoms with van der Waals surface area (Å²) in [5.41, 5.74) is 2.29. The summed E-state index contributed by atoms with van der Waals surface area (Å²) >= 11 is 0. The van der Waals surface area contributed by atoms with Crippen LogP contribution in [0.1, 0.15) is 25.3 Å². The van der Waals surface area contributed by atoms with Crippen molar-refractivity contribution in [2.24, 2.45) is 0 Å². The van der Waals surface area contributed by atoms with Crippen LogP contribution in [-0.4, -0.2) is 10.5 Å². The van der Waals surface area contributed by atoms with Crippen LogP contribution < -0.4 is 4.74 Å². The second-order valence-corrected chi connectivity index (χ2v) is 5.35. The molecule has 0 amide bonds. The Hall–Kier alpha value is -2.55. The molecular formula is C19H19NO2. The molecule has 0 aliphatic heterocycles. The molecule has 0 aliphatic rings. The maximum atomic E-state index is 11.8. The molecule has 0 fully saturated rings. The Balaban J connectivity index is 1.95. The molecular weight excluding hydrogens is 274 g/mol. The van der Waals surface area contributed by atoms with Crippen molar-refractivity contribution >= 4 is 16.9 Å². The van der Waals surface area contributed by atoms with Crippen molar-refractivity contribution in [2.45, 2.75) is 26.3 Å². The third-order valence-corrected chi connectivity index (χ3v) is 3.63. The zero-order chi connectivity index (χ0) is 15.4. The topological polar surface area (TPSA) is 31.2 Å². The van der Waals surface area contributed by atoms with Crippen molar-refractivity contribution in [3.63, 3.8) is 0 Å². The van der Waals surface area contributed by atoms with Gasteiger partial charge in [-0.25, -0.2) is 0 Å². The number of hydrogen-bond donors (Lipinski definition) is 0. The van der Waals surface area contributed by atoms with E-state index < -0.39 is 0 Å². The van der Waals surface area contributed by atoms with E-state index in [1.165, 1.54) is 5.56 Å². The number of aromatic nitrogens is 1. The zero-order valence-corrected chi connectivity index (χ0v) is 12.7. The number of rotatable bonds is 5. The minimum absolute atomic E-state index is 0.176. The van der Waals surface area contributed by atoms with E-state index in [-0.39, 0.29) is 5.97 Å². The molecule has 0 spiro atoms. The normalized spacial score (nSPS) is 10.8. The average molecular weight is 293 g/mol. The van der Waals surface area contributed by atoms with Crippen LogP contribution in [0.2, 0.25) is 0 Å². The molecule has 3 nitrogen and oxygen atoms in total. The molecule has 3 rings (SSSR count). The Morgan fingerprint density at radius 3 is 2.55 bits per heavy atom. The lowest BCUT2D eigenvalue weighted by molar-refractivity contribution is -0.134. The van der Waals surface area contributed by atoms with E-state index in [1.807, 2.05) is 49.5 Å². The maximum absolute atomic E-state index is 11.8. The molecule has 112 valence electrons. The number of nitrogens with zero attached hydrogens (tertiary/aromatic N) is 1. The highest BCUT2D eigenvalue weighted by atomic mass is 16.5. The van der Waals surface area contributed by atoms with Gasteiger partial charge in [-0.05, 0) is 24.1 Å². The highest BCUT2D eigenvalue weighted by Gasteiger charge is 2.12. The van der Waals surface area contributed by atoms with Gasteiger partial charge < -0.3 is 9.30 Å². The first-order valence-corrected chi connectivity index (χ1v) is 7.60. The molecule has 2 aromatic carbocycles. The summed E-state index contributed by atoms with van der Waals surface area (Å²) in [6.45, 7) is 2.73. The van der Waals surface area contributed by atoms with Gasteiger partial charge in [0.2, 0.25) is 0 Å². The zero-order valence-electron chi connectivity index (χ0n) is 12.7. The van der Waals surface area contributed by atoms with Crippen molar-refractivity contribution < 1.29 is 9.53 Å². The van der Waals surface area contributed by atoms with Crippen LogP contribution in [0.3, 0.4) is 0 Å². The number of hydrogen-bond acceptors (Lipinski definition) is 2. The first-order valence-electron chi connectivity index (χ1n) is 7.60. The lowest BCUT2D eigenvalue weighted by Crippen LogP contribution is -2.06. The van der Waals surface area contributed by atoms with Crippen molar-refractivity contribution in [1.29, 1.82) is 0 Å². The summed E-state index contributed by atoms with van der Waals surface area (Å²) in [6, 6.07) is 18.3. The van der Waals surface area contributed by atoms with Crippen molar-refractivity contribution in [1.82, 2.24) is 4.57 Å². The minimum Gasteiger partial charge on any atom is -0.424 e. The number of ether oxygens (including phenoxy) is 1. The third kappa shape index (κ3) is 3.03. The van der Waals surface area contributed by atoms with Gasteiger partial charge in [0.25, 0.3) is 0 Å². The van der Waals surface area contributed by atoms with Gasteiger partial charge in [0, 0.05) is 24.5 Å². The second kappa shape index (κ2) is 6.48. The summed E-state index contributed by atoms with van der Waals surface area (Å²) in [6.07, 6.45) is 3.16. The van der Waals surface area contributed by atoms with E-state index in [0.29, 0.717) is 12.2 Å². The van der Waals surface area contributed by atoms with E-state index in [2.05, 4.69) is 22.8 Å². The molecule has 0 bridgehead atoms. The Morgan fingerprint density at radius 1 is 1.05 bits per heavy atom. The third-order valence-electron chi connectivity index (χ3n) is 3.63. The van der Waals surface area contributed by atoms with Gasteiger partial charge in [0.05, 0.1) is 5.52 Å². The van der Waals surface area contributed by atoms with E-state index in [4.69, 9.17) is 4.74 Å². The van der Waals surface area contributed by atoms with E-state index in [1.54, 1.807) is 0 Å². The van der Waals surface area contributed by atoms with Gasteiger partial charge in [0.1, 0.15) is 0 Å². The molecule has 3 aromatic rings. The molecule has 1 heterocycles. The van der Waals surface area contributed by atoms with Crippen LogP contribution in [0.25, 0.3) is 10.9 Å². The van der Waals surface area contributed by atoms with Gasteiger partial charge in [-0.15, -0.1) is 0 Å². The van der Waals surface area contributed by atoms with Gasteiger partial charge in [-0.2, -0.15) is 0 Å². The standard InChI is InChI=1S/C19H19NO2/c1-2-8-19(21)22-18-14-20(13-15-9-4-3-5-10-15)17-12-7-6-11-16(17)18/h3-7,9-12,14H,2,8,13H2,1H3. The fraction of sp³-hybridized carbons (Fsp3) is 0.211. The molecule has 0 N–H and O–H groups in total. The molecule has 0 unspecified atom stereocenters. The van der Waals surface area contributed by atoms with Crippen LogP contribution in [0.15, 0.2) is 60.8 Å². The monoisotopic (exact) mass is 293 g/mol. The lowest BCUT2D eigenvalue weighted by Gasteiger charge is -2.04. The Morgan fingerprint density at radius 2 is 1.77 bits per heavy atom. The van der Waals surface area contributed by atoms with Crippen LogP contribution in [0.4, 0.5) is 0 Å². The fourth-order valence-corrected chi connectivity index (χ4v) is 2.58. The maximum Gasteiger partial charge on any atom is 0.311 e. The number of carbonyl (C=O) groups excluding carboxylic acids is 1. The molecule has 22 heavy (non-hydrogen) atoms. The van der Waals surface area contributed by atoms with E-state index >= 15 is 0 Å². The number of carbonyl (C=O) groups is 1. The molecule has 0 atom stereocenters. The predicted octanol–water partition coefficient (Wildman–Crippen LogP) is 4.40. The van der Waals surface area contributed by atoms with Gasteiger partial charge in [-0.1, -0.05) is 49.4 Å². The minimum atomic E-state index is -0.176. The van der Waals surface area contributed by atoms with Crippen molar-refractivity contribution in [2.75, 3.05) is 0 Å². The summed E-state index contributed by atoms with van der Waals surface area (Å²) in [5.74, 6) is 0.468. The smallest absolute Gasteiger partial charge is 0.311 e. The predicted molar refractivity (Wildman–Crippen MR) is 88.0 cm³/mol. The molecule has 0 saturated carbocycles. The number of benzene rings is 2. The number of para-hydroxylation sites is 1. The summed E-state index contributed by atoms with van der Waals surface area (Å²) in [7, 11) is 0. The highest BCUT2D eigenvalue weighted by molar-refractivity contribution is 5.89. The van der Waals surface area contributed by atoms with Gasteiger partial charge in [0.15, 0.2) is 5.75 Å².